The van der Waals surface area contributed by atoms with Gasteiger partial charge in [-0.05, 0) is 96.3 Å². The summed E-state index contributed by atoms with van der Waals surface area (Å²) in [4.78, 5) is 12.4. The average Bonchev–Trinajstić information content (AvgIpc) is 3.32. The van der Waals surface area contributed by atoms with Gasteiger partial charge in [-0.15, -0.1) is 0 Å². The normalized spacial score (nSPS) is 13.8. The van der Waals surface area contributed by atoms with E-state index in [0.29, 0.717) is 6.42 Å². The van der Waals surface area contributed by atoms with Crippen molar-refractivity contribution < 1.29 is 15.0 Å². The quantitative estimate of drug-likeness (QED) is 0.0421. The van der Waals surface area contributed by atoms with E-state index in [4.69, 9.17) is 0 Å². The van der Waals surface area contributed by atoms with Gasteiger partial charge < -0.3 is 15.5 Å². The van der Waals surface area contributed by atoms with Crippen molar-refractivity contribution in [2.75, 3.05) is 6.61 Å². The fourth-order valence-corrected chi connectivity index (χ4v) is 7.74. The van der Waals surface area contributed by atoms with Crippen molar-refractivity contribution in [3.8, 4) is 0 Å². The molecular weight excluding hydrogens is 807 g/mol. The number of aliphatic hydroxyl groups is 2. The van der Waals surface area contributed by atoms with Crippen LogP contribution in [0.2, 0.25) is 0 Å². The molecular formula is C62H105NO3. The molecule has 0 rings (SSSR count). The maximum atomic E-state index is 12.4. The summed E-state index contributed by atoms with van der Waals surface area (Å²) >= 11 is 0. The van der Waals surface area contributed by atoms with E-state index in [9.17, 15) is 15.0 Å². The summed E-state index contributed by atoms with van der Waals surface area (Å²) in [6.45, 7) is 4.17. The number of carbonyl (C=O) groups is 1. The van der Waals surface area contributed by atoms with E-state index in [-0.39, 0.29) is 12.5 Å². The smallest absolute Gasteiger partial charge is 0.220 e. The maximum absolute atomic E-state index is 12.4. The summed E-state index contributed by atoms with van der Waals surface area (Å²) < 4.78 is 0. The molecule has 0 aliphatic heterocycles. The highest BCUT2D eigenvalue weighted by molar-refractivity contribution is 5.76. The second-order valence-corrected chi connectivity index (χ2v) is 18.3. The number of hydrogen-bond donors (Lipinski definition) is 3. The van der Waals surface area contributed by atoms with Crippen LogP contribution in [-0.4, -0.2) is 34.9 Å². The van der Waals surface area contributed by atoms with Crippen LogP contribution in [0.15, 0.2) is 122 Å². The summed E-state index contributed by atoms with van der Waals surface area (Å²) in [5.74, 6) is -0.119. The van der Waals surface area contributed by atoms with E-state index >= 15 is 0 Å². The van der Waals surface area contributed by atoms with E-state index in [2.05, 4.69) is 129 Å². The molecule has 376 valence electrons. The Hall–Kier alpha value is -3.21. The second-order valence-electron chi connectivity index (χ2n) is 18.3. The summed E-state index contributed by atoms with van der Waals surface area (Å²) in [5, 5.41) is 23.1. The lowest BCUT2D eigenvalue weighted by Gasteiger charge is -2.19. The van der Waals surface area contributed by atoms with Gasteiger partial charge in [0.15, 0.2) is 0 Å². The molecule has 0 aromatic carbocycles. The van der Waals surface area contributed by atoms with Crippen molar-refractivity contribution in [2.24, 2.45) is 0 Å². The molecule has 0 aromatic rings. The Morgan fingerprint density at radius 2 is 0.682 bits per heavy atom. The van der Waals surface area contributed by atoms with E-state index in [1.165, 1.54) is 135 Å². The minimum atomic E-state index is -0.891. The molecule has 0 radical (unpaired) electrons. The van der Waals surface area contributed by atoms with Crippen LogP contribution >= 0.6 is 0 Å². The zero-order chi connectivity index (χ0) is 47.7. The van der Waals surface area contributed by atoms with Crippen molar-refractivity contribution in [1.82, 2.24) is 5.32 Å². The molecule has 0 heterocycles. The molecule has 4 nitrogen and oxygen atoms in total. The molecule has 4 heteroatoms. The van der Waals surface area contributed by atoms with Gasteiger partial charge in [0.25, 0.3) is 0 Å². The standard InChI is InChI=1S/C62H105NO3/c1-3-5-7-9-11-13-15-17-19-21-23-25-27-29-31-33-35-37-39-41-43-45-47-49-51-53-55-57-61(65)60(59-64)63-62(66)58-56-54-52-50-48-46-44-42-40-38-36-34-32-30-28-26-24-22-20-18-16-14-12-10-8-6-4-2/h6,8,12,14,18,20,24,26,30,32,36,38,42,44,47-50,55,57,60-61,64-65H,3-5,7,9-11,13,15-17,19,21-23,25,27-29,31,33-35,37,39-41,43,45-46,51-54,56,58-59H2,1-2H3,(H,63,66)/b8-6-,14-12-,20-18-,26-24-,32-30-,38-36-,44-42-,49-47+,50-48-,57-55+. The molecule has 0 aliphatic carbocycles. The Bertz CT molecular complexity index is 1310. The molecule has 1 amide bonds. The van der Waals surface area contributed by atoms with Crippen LogP contribution in [0.1, 0.15) is 245 Å². The summed E-state index contributed by atoms with van der Waals surface area (Å²) in [7, 11) is 0. The van der Waals surface area contributed by atoms with Gasteiger partial charge in [-0.3, -0.25) is 4.79 Å². The summed E-state index contributed by atoms with van der Waals surface area (Å²) in [5.41, 5.74) is 0. The highest BCUT2D eigenvalue weighted by Crippen LogP contribution is 2.16. The third-order valence-electron chi connectivity index (χ3n) is 11.9. The lowest BCUT2D eigenvalue weighted by atomic mass is 10.0. The molecule has 2 unspecified atom stereocenters. The van der Waals surface area contributed by atoms with Gasteiger partial charge >= 0.3 is 0 Å². The van der Waals surface area contributed by atoms with Crippen LogP contribution in [0, 0.1) is 0 Å². The van der Waals surface area contributed by atoms with Crippen LogP contribution < -0.4 is 5.32 Å². The largest absolute Gasteiger partial charge is 0.394 e. The first-order valence-corrected chi connectivity index (χ1v) is 27.7. The molecule has 3 N–H and O–H groups in total. The van der Waals surface area contributed by atoms with Gasteiger partial charge in [0, 0.05) is 6.42 Å². The van der Waals surface area contributed by atoms with Gasteiger partial charge in [0.05, 0.1) is 18.8 Å². The Labute approximate surface area is 409 Å². The zero-order valence-corrected chi connectivity index (χ0v) is 43.2. The highest BCUT2D eigenvalue weighted by Gasteiger charge is 2.17. The molecule has 0 fully saturated rings. The number of amides is 1. The third kappa shape index (κ3) is 51.8. The number of hydrogen-bond acceptors (Lipinski definition) is 3. The summed E-state index contributed by atoms with van der Waals surface area (Å²) in [6, 6.07) is -0.673. The predicted molar refractivity (Wildman–Crippen MR) is 294 cm³/mol. The number of nitrogens with one attached hydrogen (secondary N) is 1. The van der Waals surface area contributed by atoms with Gasteiger partial charge in [-0.2, -0.15) is 0 Å². The van der Waals surface area contributed by atoms with Crippen LogP contribution in [0.25, 0.3) is 0 Å². The minimum Gasteiger partial charge on any atom is -0.394 e. The number of allylic oxidation sites excluding steroid dienone is 19. The number of aliphatic hydroxyl groups excluding tert-OH is 2. The number of carbonyl (C=O) groups excluding carboxylic acids is 1. The third-order valence-corrected chi connectivity index (χ3v) is 11.9. The van der Waals surface area contributed by atoms with Gasteiger partial charge in [-0.1, -0.05) is 264 Å². The van der Waals surface area contributed by atoms with Crippen LogP contribution in [0.5, 0.6) is 0 Å². The fourth-order valence-electron chi connectivity index (χ4n) is 7.74. The van der Waals surface area contributed by atoms with Crippen molar-refractivity contribution in [2.45, 2.75) is 257 Å². The Morgan fingerprint density at radius 3 is 1.06 bits per heavy atom. The molecule has 66 heavy (non-hydrogen) atoms. The van der Waals surface area contributed by atoms with E-state index in [1.807, 2.05) is 6.08 Å². The van der Waals surface area contributed by atoms with E-state index in [1.54, 1.807) is 6.08 Å². The topological polar surface area (TPSA) is 69.6 Å². The van der Waals surface area contributed by atoms with Crippen molar-refractivity contribution in [3.63, 3.8) is 0 Å². The molecule has 0 saturated heterocycles. The fraction of sp³-hybridized carbons (Fsp3) is 0.661. The Kier molecular flexibility index (Phi) is 53.4. The maximum Gasteiger partial charge on any atom is 0.220 e. The predicted octanol–water partition coefficient (Wildman–Crippen LogP) is 18.5. The molecule has 0 aromatic heterocycles. The second kappa shape index (κ2) is 56.1. The van der Waals surface area contributed by atoms with E-state index in [0.717, 1.165) is 89.9 Å². The Balaban J connectivity index is 3.69. The van der Waals surface area contributed by atoms with Crippen LogP contribution in [0.3, 0.4) is 0 Å². The first-order chi connectivity index (χ1) is 32.7. The van der Waals surface area contributed by atoms with Gasteiger partial charge in [-0.25, -0.2) is 0 Å². The Morgan fingerprint density at radius 1 is 0.379 bits per heavy atom. The summed E-state index contributed by atoms with van der Waals surface area (Å²) in [6.07, 6.45) is 86.4. The lowest BCUT2D eigenvalue weighted by Crippen LogP contribution is -2.45. The molecule has 2 atom stereocenters. The zero-order valence-electron chi connectivity index (χ0n) is 43.2. The van der Waals surface area contributed by atoms with Gasteiger partial charge in [0.1, 0.15) is 0 Å². The first-order valence-electron chi connectivity index (χ1n) is 27.7. The molecule has 0 aliphatic rings. The SMILES string of the molecule is CC/C=C\C/C=C\C/C=C\C/C=C\C/C=C\C/C=C\C/C=C\C/C=C\CCCCC(=O)NC(CO)C(O)/C=C/CC/C=C/CCCCCCCCCCCCCCCCCCCCCCC. The minimum absolute atomic E-state index is 0.119. The molecule has 0 saturated carbocycles. The van der Waals surface area contributed by atoms with Crippen molar-refractivity contribution in [1.29, 1.82) is 0 Å². The molecule has 0 spiro atoms. The number of rotatable bonds is 49. The van der Waals surface area contributed by atoms with Crippen molar-refractivity contribution in [3.05, 3.63) is 122 Å². The monoisotopic (exact) mass is 912 g/mol. The lowest BCUT2D eigenvalue weighted by molar-refractivity contribution is -0.123. The van der Waals surface area contributed by atoms with Crippen molar-refractivity contribution >= 4 is 5.91 Å². The molecule has 0 bridgehead atoms. The van der Waals surface area contributed by atoms with Crippen LogP contribution in [0.4, 0.5) is 0 Å². The highest BCUT2D eigenvalue weighted by atomic mass is 16.3. The number of unbranched alkanes of at least 4 members (excludes halogenated alkanes) is 24. The average molecular weight is 913 g/mol. The van der Waals surface area contributed by atoms with E-state index < -0.39 is 12.1 Å². The van der Waals surface area contributed by atoms with Gasteiger partial charge in [0.2, 0.25) is 5.91 Å². The first kappa shape index (κ1) is 62.8. The van der Waals surface area contributed by atoms with Crippen LogP contribution in [-0.2, 0) is 4.79 Å².